The predicted molar refractivity (Wildman–Crippen MR) is 157 cm³/mol. The van der Waals surface area contributed by atoms with Gasteiger partial charge in [-0.2, -0.15) is 0 Å². The summed E-state index contributed by atoms with van der Waals surface area (Å²) in [5.41, 5.74) is -0.193. The molecule has 41 heavy (non-hydrogen) atoms. The van der Waals surface area contributed by atoms with Crippen molar-refractivity contribution < 1.29 is 22.7 Å². The van der Waals surface area contributed by atoms with E-state index in [9.17, 15) is 22.8 Å². The molecule has 1 aromatic heterocycles. The molecular formula is C28H32Cl2N4O6S. The van der Waals surface area contributed by atoms with Gasteiger partial charge in [0.15, 0.2) is 6.61 Å². The Labute approximate surface area is 248 Å². The number of esters is 1. The number of rotatable bonds is 8. The molecule has 0 aliphatic heterocycles. The number of halogens is 2. The predicted octanol–water partition coefficient (Wildman–Crippen LogP) is 4.69. The van der Waals surface area contributed by atoms with Crippen LogP contribution in [0.1, 0.15) is 49.2 Å². The number of nitrogens with zero attached hydrogens (tertiary/aromatic N) is 2. The van der Waals surface area contributed by atoms with Crippen molar-refractivity contribution in [3.8, 4) is 5.69 Å². The molecular weight excluding hydrogens is 591 g/mol. The second-order valence-electron chi connectivity index (χ2n) is 10.3. The van der Waals surface area contributed by atoms with Crippen LogP contribution in [0.15, 0.2) is 52.2 Å². The number of nitrogens with one attached hydrogen (secondary N) is 2. The number of carbonyl (C=O) groups excluding carboxylic acids is 2. The first-order valence-corrected chi connectivity index (χ1v) is 15.4. The molecule has 1 aliphatic carbocycles. The molecule has 1 aliphatic rings. The fraction of sp³-hybridized carbons (Fsp3) is 0.393. The van der Waals surface area contributed by atoms with Crippen LogP contribution in [-0.4, -0.2) is 42.3 Å². The van der Waals surface area contributed by atoms with Gasteiger partial charge in [0.1, 0.15) is 10.6 Å². The summed E-state index contributed by atoms with van der Waals surface area (Å²) in [4.78, 5) is 38.0. The third-order valence-corrected chi connectivity index (χ3v) is 9.84. The molecule has 4 rings (SSSR count). The molecule has 0 radical (unpaired) electrons. The van der Waals surface area contributed by atoms with E-state index in [1.54, 1.807) is 44.3 Å². The van der Waals surface area contributed by atoms with E-state index in [0.29, 0.717) is 23.2 Å². The van der Waals surface area contributed by atoms with Gasteiger partial charge < -0.3 is 10.1 Å². The molecule has 0 spiro atoms. The highest BCUT2D eigenvalue weighted by molar-refractivity contribution is 7.92. The first-order valence-electron chi connectivity index (χ1n) is 13.1. The van der Waals surface area contributed by atoms with E-state index in [1.807, 2.05) is 0 Å². The molecule has 0 saturated heterocycles. The molecule has 1 saturated carbocycles. The zero-order valence-electron chi connectivity index (χ0n) is 23.1. The van der Waals surface area contributed by atoms with Gasteiger partial charge in [0.05, 0.1) is 27.0 Å². The van der Waals surface area contributed by atoms with E-state index in [-0.39, 0.29) is 27.3 Å². The number of benzene rings is 2. The number of hydrogen-bond donors (Lipinski definition) is 2. The van der Waals surface area contributed by atoms with Crippen LogP contribution < -0.4 is 15.6 Å². The van der Waals surface area contributed by atoms with Crippen LogP contribution in [-0.2, 0) is 26.6 Å². The minimum absolute atomic E-state index is 0.0141. The molecule has 2 aromatic carbocycles. The maximum absolute atomic E-state index is 13.4. The van der Waals surface area contributed by atoms with Crippen LogP contribution in [0.5, 0.6) is 0 Å². The van der Waals surface area contributed by atoms with Crippen LogP contribution in [0.25, 0.3) is 5.69 Å². The lowest BCUT2D eigenvalue weighted by Gasteiger charge is -2.34. The molecule has 1 fully saturated rings. The second-order valence-corrected chi connectivity index (χ2v) is 12.8. The SMILES string of the molecule is Cc1c(NS(=O)(=O)c2cc(C(=O)OCC(=O)NC3CCCC(C)C3C)c(Cl)cc2Cl)c(=O)n(-c2ccccc2)n1C. The molecule has 3 aromatic rings. The monoisotopic (exact) mass is 622 g/mol. The smallest absolute Gasteiger partial charge is 0.340 e. The number of anilines is 1. The summed E-state index contributed by atoms with van der Waals surface area (Å²) >= 11 is 12.4. The van der Waals surface area contributed by atoms with Gasteiger partial charge in [0, 0.05) is 13.1 Å². The summed E-state index contributed by atoms with van der Waals surface area (Å²) < 4.78 is 37.1. The van der Waals surface area contributed by atoms with Crippen LogP contribution in [0.4, 0.5) is 5.69 Å². The van der Waals surface area contributed by atoms with Gasteiger partial charge in [-0.05, 0) is 49.4 Å². The highest BCUT2D eigenvalue weighted by Crippen LogP contribution is 2.31. The summed E-state index contributed by atoms with van der Waals surface area (Å²) in [6, 6.07) is 10.8. The zero-order chi connectivity index (χ0) is 30.1. The highest BCUT2D eigenvalue weighted by atomic mass is 35.5. The lowest BCUT2D eigenvalue weighted by molar-refractivity contribution is -0.125. The van der Waals surface area contributed by atoms with E-state index in [0.717, 1.165) is 31.4 Å². The van der Waals surface area contributed by atoms with Crippen LogP contribution in [0.3, 0.4) is 0 Å². The lowest BCUT2D eigenvalue weighted by Crippen LogP contribution is -2.45. The number of para-hydroxylation sites is 1. The van der Waals surface area contributed by atoms with E-state index >= 15 is 0 Å². The average Bonchev–Trinajstić information content (AvgIpc) is 3.12. The standard InChI is InChI=1S/C28H32Cl2N4O6S/c1-16-9-8-12-23(17(16)2)31-25(35)15-40-28(37)20-13-24(22(30)14-21(20)29)41(38,39)32-26-18(3)33(4)34(27(26)36)19-10-6-5-7-11-19/h5-7,10-11,13-14,16-17,23,32H,8-9,12,15H2,1-4H3,(H,31,35). The highest BCUT2D eigenvalue weighted by Gasteiger charge is 2.29. The molecule has 1 heterocycles. The van der Waals surface area contributed by atoms with E-state index in [4.69, 9.17) is 27.9 Å². The molecule has 0 bridgehead atoms. The molecule has 220 valence electrons. The molecule has 3 unspecified atom stereocenters. The Hall–Kier alpha value is -3.28. The first-order chi connectivity index (χ1) is 19.3. The third-order valence-electron chi connectivity index (χ3n) is 7.71. The first kappa shape index (κ1) is 30.7. The van der Waals surface area contributed by atoms with E-state index < -0.39 is 39.0 Å². The van der Waals surface area contributed by atoms with Gasteiger partial charge in [0.25, 0.3) is 21.5 Å². The Morgan fingerprint density at radius 1 is 1.07 bits per heavy atom. The van der Waals surface area contributed by atoms with E-state index in [2.05, 4.69) is 23.9 Å². The minimum atomic E-state index is -4.46. The Balaban J connectivity index is 1.54. The van der Waals surface area contributed by atoms with Gasteiger partial charge in [0.2, 0.25) is 0 Å². The molecule has 13 heteroatoms. The van der Waals surface area contributed by atoms with Crippen molar-refractivity contribution in [3.05, 3.63) is 74.1 Å². The molecule has 2 N–H and O–H groups in total. The van der Waals surface area contributed by atoms with E-state index in [1.165, 1.54) is 9.36 Å². The number of aromatic nitrogens is 2. The van der Waals surface area contributed by atoms with Crippen molar-refractivity contribution in [1.82, 2.24) is 14.7 Å². The van der Waals surface area contributed by atoms with Crippen molar-refractivity contribution >= 4 is 50.8 Å². The number of ether oxygens (including phenoxy) is 1. The number of amides is 1. The summed E-state index contributed by atoms with van der Waals surface area (Å²) in [5.74, 6) is -0.692. The summed E-state index contributed by atoms with van der Waals surface area (Å²) in [6.07, 6.45) is 2.95. The minimum Gasteiger partial charge on any atom is -0.452 e. The van der Waals surface area contributed by atoms with Crippen LogP contribution >= 0.6 is 23.2 Å². The van der Waals surface area contributed by atoms with Gasteiger partial charge in [-0.1, -0.05) is 68.1 Å². The van der Waals surface area contributed by atoms with Crippen molar-refractivity contribution in [2.45, 2.75) is 51.0 Å². The third kappa shape index (κ3) is 6.47. The van der Waals surface area contributed by atoms with Crippen LogP contribution in [0.2, 0.25) is 10.0 Å². The van der Waals surface area contributed by atoms with Gasteiger partial charge in [-0.15, -0.1) is 0 Å². The van der Waals surface area contributed by atoms with Gasteiger partial charge in [-0.3, -0.25) is 19.0 Å². The Bertz CT molecular complexity index is 1640. The lowest BCUT2D eigenvalue weighted by atomic mass is 9.78. The van der Waals surface area contributed by atoms with Gasteiger partial charge in [-0.25, -0.2) is 17.9 Å². The van der Waals surface area contributed by atoms with Gasteiger partial charge >= 0.3 is 5.97 Å². The van der Waals surface area contributed by atoms with Crippen LogP contribution in [0, 0.1) is 18.8 Å². The Morgan fingerprint density at radius 2 is 1.76 bits per heavy atom. The summed E-state index contributed by atoms with van der Waals surface area (Å²) in [5, 5.41) is 2.49. The second kappa shape index (κ2) is 12.3. The topological polar surface area (TPSA) is 128 Å². The maximum atomic E-state index is 13.4. The van der Waals surface area contributed by atoms with Crippen molar-refractivity contribution in [1.29, 1.82) is 0 Å². The maximum Gasteiger partial charge on any atom is 0.340 e. The normalized spacial score (nSPS) is 19.0. The average molecular weight is 624 g/mol. The Kier molecular flexibility index (Phi) is 9.20. The molecule has 10 nitrogen and oxygen atoms in total. The summed E-state index contributed by atoms with van der Waals surface area (Å²) in [7, 11) is -2.84. The Morgan fingerprint density at radius 3 is 2.44 bits per heavy atom. The van der Waals surface area contributed by atoms with Crippen molar-refractivity contribution in [3.63, 3.8) is 0 Å². The quantitative estimate of drug-likeness (QED) is 0.351. The number of hydrogen-bond acceptors (Lipinski definition) is 6. The molecule has 1 amide bonds. The fourth-order valence-electron chi connectivity index (χ4n) is 5.01. The zero-order valence-corrected chi connectivity index (χ0v) is 25.4. The van der Waals surface area contributed by atoms with Crippen molar-refractivity contribution in [2.24, 2.45) is 18.9 Å². The fourth-order valence-corrected chi connectivity index (χ4v) is 6.98. The molecule has 3 atom stereocenters. The summed E-state index contributed by atoms with van der Waals surface area (Å²) in [6.45, 7) is 5.25. The van der Waals surface area contributed by atoms with Crippen molar-refractivity contribution in [2.75, 3.05) is 11.3 Å². The largest absolute Gasteiger partial charge is 0.452 e. The number of sulfonamides is 1. The number of carbonyl (C=O) groups is 2.